The average molecular weight is 363 g/mol. The van der Waals surface area contributed by atoms with Crippen molar-refractivity contribution >= 4 is 17.8 Å². The number of carbonyl (C=O) groups is 2. The van der Waals surface area contributed by atoms with E-state index in [0.717, 1.165) is 36.9 Å². The fraction of sp³-hybridized carbons (Fsp3) is 0.667. The molecule has 0 saturated carbocycles. The van der Waals surface area contributed by atoms with E-state index in [4.69, 9.17) is 5.73 Å². The minimum absolute atomic E-state index is 0.0686. The highest BCUT2D eigenvalue weighted by Crippen LogP contribution is 2.25. The molecule has 1 aromatic heterocycles. The Bertz CT molecular complexity index is 633. The zero-order chi connectivity index (χ0) is 19.3. The average Bonchev–Trinajstić information content (AvgIpc) is 2.60. The van der Waals surface area contributed by atoms with Gasteiger partial charge in [-0.2, -0.15) is 0 Å². The molecule has 8 heteroatoms. The van der Waals surface area contributed by atoms with Crippen LogP contribution in [0.1, 0.15) is 43.3 Å². The molecular weight excluding hydrogens is 334 g/mol. The van der Waals surface area contributed by atoms with Crippen molar-refractivity contribution in [3.63, 3.8) is 0 Å². The fourth-order valence-electron chi connectivity index (χ4n) is 3.43. The summed E-state index contributed by atoms with van der Waals surface area (Å²) in [6.07, 6.45) is 3.17. The maximum atomic E-state index is 12.4. The molecule has 0 aliphatic carbocycles. The summed E-state index contributed by atoms with van der Waals surface area (Å²) in [4.78, 5) is 34.1. The van der Waals surface area contributed by atoms with Crippen LogP contribution in [0.15, 0.2) is 0 Å². The number of aryl methyl sites for hydroxylation is 2. The Hall–Kier alpha value is -2.38. The van der Waals surface area contributed by atoms with Crippen molar-refractivity contribution in [2.45, 2.75) is 52.5 Å². The molecule has 1 aliphatic heterocycles. The monoisotopic (exact) mass is 363 g/mol. The second kappa shape index (κ2) is 8.82. The van der Waals surface area contributed by atoms with Gasteiger partial charge >= 0.3 is 6.09 Å². The van der Waals surface area contributed by atoms with Gasteiger partial charge in [-0.1, -0.05) is 0 Å². The topological polar surface area (TPSA) is 110 Å². The lowest BCUT2D eigenvalue weighted by atomic mass is 9.90. The first-order valence-electron chi connectivity index (χ1n) is 9.04. The Morgan fingerprint density at radius 2 is 1.96 bits per heavy atom. The molecular formula is C18H29N5O3. The molecule has 0 bridgehead atoms. The number of rotatable bonds is 5. The first-order chi connectivity index (χ1) is 12.3. The summed E-state index contributed by atoms with van der Waals surface area (Å²) < 4.78 is 4.53. The number of hydrogen-bond donors (Lipinski definition) is 2. The molecule has 144 valence electrons. The fourth-order valence-corrected chi connectivity index (χ4v) is 3.43. The van der Waals surface area contributed by atoms with Crippen LogP contribution in [0, 0.1) is 19.8 Å². The Labute approximate surface area is 154 Å². The van der Waals surface area contributed by atoms with E-state index in [1.807, 2.05) is 18.7 Å². The standard InChI is InChI=1S/C18H29N5O3/c1-11-15(16(19)22-13(3)20-11)6-5-14-7-9-23(10-8-14)17(24)12(2)21-18(25)26-4/h12,14H,5-10H2,1-4H3,(H,21,25)(H2,19,20,22)/t12-/m0/s1. The van der Waals surface area contributed by atoms with Crippen LogP contribution in [-0.4, -0.2) is 53.1 Å². The number of hydrogen-bond acceptors (Lipinski definition) is 6. The Balaban J connectivity index is 1.82. The van der Waals surface area contributed by atoms with Gasteiger partial charge in [0.1, 0.15) is 17.7 Å². The molecule has 2 heterocycles. The summed E-state index contributed by atoms with van der Waals surface area (Å²) in [7, 11) is 1.28. The van der Waals surface area contributed by atoms with Gasteiger partial charge < -0.3 is 20.7 Å². The zero-order valence-electron chi connectivity index (χ0n) is 16.0. The molecule has 1 saturated heterocycles. The third-order valence-electron chi connectivity index (χ3n) is 4.98. The molecule has 26 heavy (non-hydrogen) atoms. The maximum absolute atomic E-state index is 12.4. The van der Waals surface area contributed by atoms with Gasteiger partial charge in [0, 0.05) is 24.3 Å². The smallest absolute Gasteiger partial charge is 0.407 e. The lowest BCUT2D eigenvalue weighted by Crippen LogP contribution is -2.49. The molecule has 1 atom stereocenters. The number of nitrogens with two attached hydrogens (primary N) is 1. The van der Waals surface area contributed by atoms with Gasteiger partial charge in [0.25, 0.3) is 0 Å². The largest absolute Gasteiger partial charge is 0.453 e. The molecule has 1 aliphatic rings. The molecule has 0 radical (unpaired) electrons. The van der Waals surface area contributed by atoms with Crippen molar-refractivity contribution in [2.24, 2.45) is 5.92 Å². The van der Waals surface area contributed by atoms with Crippen LogP contribution in [-0.2, 0) is 16.0 Å². The van der Waals surface area contributed by atoms with E-state index in [-0.39, 0.29) is 5.91 Å². The van der Waals surface area contributed by atoms with Gasteiger partial charge in [0.05, 0.1) is 7.11 Å². The molecule has 3 N–H and O–H groups in total. The van der Waals surface area contributed by atoms with Crippen LogP contribution in [0.3, 0.4) is 0 Å². The van der Waals surface area contributed by atoms with Crippen LogP contribution in [0.4, 0.5) is 10.6 Å². The van der Waals surface area contributed by atoms with Gasteiger partial charge in [0.15, 0.2) is 0 Å². The minimum Gasteiger partial charge on any atom is -0.453 e. The molecule has 1 fully saturated rings. The quantitative estimate of drug-likeness (QED) is 0.822. The molecule has 0 aromatic carbocycles. The van der Waals surface area contributed by atoms with Crippen LogP contribution in [0.2, 0.25) is 0 Å². The van der Waals surface area contributed by atoms with E-state index < -0.39 is 12.1 Å². The maximum Gasteiger partial charge on any atom is 0.407 e. The van der Waals surface area contributed by atoms with Gasteiger partial charge in [-0.3, -0.25) is 4.79 Å². The Kier molecular flexibility index (Phi) is 6.76. The highest BCUT2D eigenvalue weighted by atomic mass is 16.5. The van der Waals surface area contributed by atoms with Crippen LogP contribution >= 0.6 is 0 Å². The van der Waals surface area contributed by atoms with Gasteiger partial charge in [-0.15, -0.1) is 0 Å². The van der Waals surface area contributed by atoms with E-state index in [9.17, 15) is 9.59 Å². The number of nitrogen functional groups attached to an aromatic ring is 1. The van der Waals surface area contributed by atoms with E-state index in [0.29, 0.717) is 30.6 Å². The van der Waals surface area contributed by atoms with E-state index in [2.05, 4.69) is 20.0 Å². The van der Waals surface area contributed by atoms with Crippen LogP contribution in [0.25, 0.3) is 0 Å². The highest BCUT2D eigenvalue weighted by Gasteiger charge is 2.27. The summed E-state index contributed by atoms with van der Waals surface area (Å²) in [5.41, 5.74) is 8.02. The van der Waals surface area contributed by atoms with Crippen LogP contribution < -0.4 is 11.1 Å². The molecule has 2 rings (SSSR count). The van der Waals surface area contributed by atoms with Crippen molar-refractivity contribution in [1.82, 2.24) is 20.2 Å². The van der Waals surface area contributed by atoms with Gasteiger partial charge in [0.2, 0.25) is 5.91 Å². The summed E-state index contributed by atoms with van der Waals surface area (Å²) in [5, 5.41) is 2.52. The van der Waals surface area contributed by atoms with Crippen LogP contribution in [0.5, 0.6) is 0 Å². The first kappa shape index (κ1) is 19.9. The predicted octanol–water partition coefficient (Wildman–Crippen LogP) is 1.59. The molecule has 0 spiro atoms. The number of amides is 2. The predicted molar refractivity (Wildman–Crippen MR) is 98.5 cm³/mol. The van der Waals surface area contributed by atoms with Gasteiger partial charge in [-0.05, 0) is 52.4 Å². The normalized spacial score (nSPS) is 16.2. The Morgan fingerprint density at radius 1 is 1.31 bits per heavy atom. The number of alkyl carbamates (subject to hydrolysis) is 1. The number of ether oxygens (including phenoxy) is 1. The molecule has 8 nitrogen and oxygen atoms in total. The summed E-state index contributed by atoms with van der Waals surface area (Å²) >= 11 is 0. The number of likely N-dealkylation sites (tertiary alicyclic amines) is 1. The second-order valence-electron chi connectivity index (χ2n) is 6.88. The van der Waals surface area contributed by atoms with Crippen molar-refractivity contribution in [2.75, 3.05) is 25.9 Å². The molecule has 0 unspecified atom stereocenters. The van der Waals surface area contributed by atoms with E-state index in [1.165, 1.54) is 7.11 Å². The lowest BCUT2D eigenvalue weighted by Gasteiger charge is -2.33. The molecule has 2 amide bonds. The number of anilines is 1. The van der Waals surface area contributed by atoms with E-state index >= 15 is 0 Å². The lowest BCUT2D eigenvalue weighted by molar-refractivity contribution is -0.134. The van der Waals surface area contributed by atoms with Crippen molar-refractivity contribution < 1.29 is 14.3 Å². The van der Waals surface area contributed by atoms with E-state index in [1.54, 1.807) is 6.92 Å². The third-order valence-corrected chi connectivity index (χ3v) is 4.98. The number of aromatic nitrogens is 2. The van der Waals surface area contributed by atoms with Crippen molar-refractivity contribution in [3.05, 3.63) is 17.1 Å². The highest BCUT2D eigenvalue weighted by molar-refractivity contribution is 5.85. The number of methoxy groups -OCH3 is 1. The summed E-state index contributed by atoms with van der Waals surface area (Å²) in [5.74, 6) is 1.75. The molecule has 1 aromatic rings. The summed E-state index contributed by atoms with van der Waals surface area (Å²) in [6, 6.07) is -0.578. The van der Waals surface area contributed by atoms with Gasteiger partial charge in [-0.25, -0.2) is 14.8 Å². The SMILES string of the molecule is COC(=O)N[C@@H](C)C(=O)N1CCC(CCc2c(C)nc(C)nc2N)CC1. The number of piperidine rings is 1. The number of carbonyl (C=O) groups excluding carboxylic acids is 2. The second-order valence-corrected chi connectivity index (χ2v) is 6.88. The number of nitrogens with one attached hydrogen (secondary N) is 1. The summed E-state index contributed by atoms with van der Waals surface area (Å²) in [6.45, 7) is 6.90. The minimum atomic E-state index is -0.589. The Morgan fingerprint density at radius 3 is 2.54 bits per heavy atom. The zero-order valence-corrected chi connectivity index (χ0v) is 16.0. The van der Waals surface area contributed by atoms with Crippen molar-refractivity contribution in [3.8, 4) is 0 Å². The van der Waals surface area contributed by atoms with Crippen molar-refractivity contribution in [1.29, 1.82) is 0 Å². The number of nitrogens with zero attached hydrogens (tertiary/aromatic N) is 3. The first-order valence-corrected chi connectivity index (χ1v) is 9.04. The third kappa shape index (κ3) is 5.06.